The highest BCUT2D eigenvalue weighted by molar-refractivity contribution is 6.38. The highest BCUT2D eigenvalue weighted by Crippen LogP contribution is 2.27. The molecule has 0 aliphatic rings. The van der Waals surface area contributed by atoms with Gasteiger partial charge in [0.15, 0.2) is 0 Å². The number of ether oxygens (including phenoxy) is 1. The number of hydrogen-bond acceptors (Lipinski definition) is 12. The third-order valence-corrected chi connectivity index (χ3v) is 12.5. The third-order valence-electron chi connectivity index (χ3n) is 11.8. The standard InChI is InChI=1S/C52H65Cl2N7O15/c1-6-7-15-35(44(69)46(55)70)57-48(72)37(24-29-16-18-31(19-17-29)76-27-32-33(53)13-10-14-34(32)54)60-51(75)45(52(3,4)5)61-50(74)38(25-30-12-9-8-11-28(30)2)59-47(71)36(20-22-41(63)64)58-49(73)39(26-43(67)68)56-40(62)21-23-42(65)66/h8-14,16-19,35-39,45H,6-7,15,20-27H2,1-5H3,(H2,55,70)(H,56,62)(H,57,72)(H,58,73)(H,59,71)(H,60,75)(H,61,74)(H,63,64)(H,65,66)(H,67,68)/t35?,36-,37-,38-,39-,45+/m0/s1. The lowest BCUT2D eigenvalue weighted by atomic mass is 9.85. The van der Waals surface area contributed by atoms with E-state index in [9.17, 15) is 63.0 Å². The van der Waals surface area contributed by atoms with Crippen molar-refractivity contribution in [3.8, 4) is 5.75 Å². The fourth-order valence-electron chi connectivity index (χ4n) is 7.51. The van der Waals surface area contributed by atoms with Crippen LogP contribution in [-0.4, -0.2) is 117 Å². The highest BCUT2D eigenvalue weighted by Gasteiger charge is 2.39. The molecule has 0 bridgehead atoms. The van der Waals surface area contributed by atoms with E-state index in [1.807, 2.05) is 6.92 Å². The number of carbonyl (C=O) groups is 11. The Morgan fingerprint density at radius 3 is 1.70 bits per heavy atom. The molecule has 0 saturated heterocycles. The molecule has 0 fully saturated rings. The smallest absolute Gasteiger partial charge is 0.305 e. The first kappa shape index (κ1) is 62.7. The number of aryl methyl sites for hydroxylation is 1. The van der Waals surface area contributed by atoms with Gasteiger partial charge in [0, 0.05) is 41.3 Å². The predicted octanol–water partition coefficient (Wildman–Crippen LogP) is 3.07. The first-order valence-corrected chi connectivity index (χ1v) is 25.0. The van der Waals surface area contributed by atoms with Crippen molar-refractivity contribution in [2.24, 2.45) is 11.1 Å². The van der Waals surface area contributed by atoms with Gasteiger partial charge in [-0.2, -0.15) is 0 Å². The number of benzene rings is 3. The summed E-state index contributed by atoms with van der Waals surface area (Å²) in [7, 11) is 0. The van der Waals surface area contributed by atoms with E-state index in [-0.39, 0.29) is 25.9 Å². The molecule has 24 heteroatoms. The summed E-state index contributed by atoms with van der Waals surface area (Å²) in [6.07, 6.45) is -2.94. The van der Waals surface area contributed by atoms with Gasteiger partial charge in [-0.1, -0.05) is 106 Å². The fourth-order valence-corrected chi connectivity index (χ4v) is 8.01. The Bertz CT molecular complexity index is 2590. The van der Waals surface area contributed by atoms with Crippen LogP contribution in [0.3, 0.4) is 0 Å². The lowest BCUT2D eigenvalue weighted by Gasteiger charge is -2.33. The number of halogens is 2. The normalized spacial score (nSPS) is 13.5. The average molecular weight is 1100 g/mol. The van der Waals surface area contributed by atoms with Crippen LogP contribution in [0.1, 0.15) is 101 Å². The monoisotopic (exact) mass is 1100 g/mol. The van der Waals surface area contributed by atoms with E-state index in [0.717, 1.165) is 0 Å². The Morgan fingerprint density at radius 2 is 1.13 bits per heavy atom. The molecule has 0 saturated carbocycles. The number of aliphatic carboxylic acids is 3. The maximum absolute atomic E-state index is 14.6. The second-order valence-electron chi connectivity index (χ2n) is 18.9. The maximum Gasteiger partial charge on any atom is 0.305 e. The topological polar surface area (TPSA) is 356 Å². The van der Waals surface area contributed by atoms with E-state index in [2.05, 4.69) is 31.9 Å². The van der Waals surface area contributed by atoms with Crippen molar-refractivity contribution in [2.75, 3.05) is 0 Å². The first-order valence-electron chi connectivity index (χ1n) is 24.2. The van der Waals surface area contributed by atoms with Crippen LogP contribution in [0.15, 0.2) is 66.7 Å². The first-order chi connectivity index (χ1) is 35.7. The van der Waals surface area contributed by atoms with Crippen LogP contribution >= 0.6 is 23.2 Å². The van der Waals surface area contributed by atoms with Crippen LogP contribution in [0.4, 0.5) is 0 Å². The number of hydrogen-bond donors (Lipinski definition) is 10. The Morgan fingerprint density at radius 1 is 0.592 bits per heavy atom. The molecule has 0 aliphatic carbocycles. The Hall–Kier alpha value is -7.59. The molecule has 0 radical (unpaired) electrons. The molecule has 412 valence electrons. The van der Waals surface area contributed by atoms with Crippen molar-refractivity contribution in [3.63, 3.8) is 0 Å². The van der Waals surface area contributed by atoms with Crippen molar-refractivity contribution in [3.05, 3.63) is 99.0 Å². The molecule has 22 nitrogen and oxygen atoms in total. The second-order valence-corrected chi connectivity index (χ2v) is 19.7. The average Bonchev–Trinajstić information content (AvgIpc) is 3.34. The molecule has 0 spiro atoms. The van der Waals surface area contributed by atoms with Crippen molar-refractivity contribution < 1.29 is 72.8 Å². The number of carbonyl (C=O) groups excluding carboxylic acids is 8. The Balaban J connectivity index is 2.01. The minimum absolute atomic E-state index is 0.0258. The summed E-state index contributed by atoms with van der Waals surface area (Å²) >= 11 is 12.6. The molecule has 7 amide bonds. The molecule has 11 N–H and O–H groups in total. The van der Waals surface area contributed by atoms with Gasteiger partial charge >= 0.3 is 17.9 Å². The SMILES string of the molecule is CCCCC(NC(=O)[C@H](Cc1ccc(OCc2c(Cl)cccc2Cl)cc1)NC(=O)[C@@H](NC(=O)[C@H](Cc1ccccc1C)NC(=O)[C@H](CCC(=O)O)NC(=O)[C@H](CC(=O)O)NC(=O)CCC(=O)O)C(C)(C)C)C(=O)C(N)=O. The van der Waals surface area contributed by atoms with Crippen LogP contribution in [0.2, 0.25) is 10.0 Å². The van der Waals surface area contributed by atoms with Crippen LogP contribution < -0.4 is 42.4 Å². The van der Waals surface area contributed by atoms with E-state index in [1.165, 1.54) is 0 Å². The van der Waals surface area contributed by atoms with Crippen LogP contribution in [0.5, 0.6) is 5.75 Å². The zero-order valence-electron chi connectivity index (χ0n) is 42.7. The number of rotatable bonds is 31. The summed E-state index contributed by atoms with van der Waals surface area (Å²) in [6.45, 7) is 8.40. The Labute approximate surface area is 448 Å². The minimum atomic E-state index is -1.84. The van der Waals surface area contributed by atoms with Gasteiger partial charge in [0.1, 0.15) is 42.6 Å². The van der Waals surface area contributed by atoms with Gasteiger partial charge in [0.25, 0.3) is 5.91 Å². The number of ketones is 1. The van der Waals surface area contributed by atoms with Gasteiger partial charge in [-0.05, 0) is 66.1 Å². The molecule has 0 aromatic heterocycles. The minimum Gasteiger partial charge on any atom is -0.489 e. The van der Waals surface area contributed by atoms with Crippen molar-refractivity contribution >= 4 is 88.2 Å². The second kappa shape index (κ2) is 30.1. The van der Waals surface area contributed by atoms with E-state index in [0.29, 0.717) is 50.9 Å². The number of amides is 7. The molecule has 6 atom stereocenters. The van der Waals surface area contributed by atoms with Crippen molar-refractivity contribution in [1.29, 1.82) is 0 Å². The number of carboxylic acid groups (broad SMARTS) is 3. The molecule has 3 aromatic rings. The summed E-state index contributed by atoms with van der Waals surface area (Å²) < 4.78 is 5.90. The van der Waals surface area contributed by atoms with E-state index >= 15 is 0 Å². The summed E-state index contributed by atoms with van der Waals surface area (Å²) in [5.41, 5.74) is 6.46. The van der Waals surface area contributed by atoms with Crippen molar-refractivity contribution in [1.82, 2.24) is 31.9 Å². The lowest BCUT2D eigenvalue weighted by Crippen LogP contribution is -2.62. The fraction of sp³-hybridized carbons (Fsp3) is 0.442. The number of nitrogens with one attached hydrogen (secondary N) is 6. The Kier molecular flexibility index (Phi) is 24.8. The molecule has 3 aromatic carbocycles. The largest absolute Gasteiger partial charge is 0.489 e. The summed E-state index contributed by atoms with van der Waals surface area (Å²) in [6, 6.07) is 8.81. The van der Waals surface area contributed by atoms with E-state index < -0.39 is 139 Å². The number of Topliss-reactive ketones (excluding diaryl/α,β-unsaturated/α-hetero) is 1. The molecule has 1 unspecified atom stereocenters. The van der Waals surface area contributed by atoms with Gasteiger partial charge in [0.2, 0.25) is 41.2 Å². The van der Waals surface area contributed by atoms with Crippen LogP contribution in [0.25, 0.3) is 0 Å². The predicted molar refractivity (Wildman–Crippen MR) is 277 cm³/mol. The van der Waals surface area contributed by atoms with Gasteiger partial charge in [-0.3, -0.25) is 52.7 Å². The lowest BCUT2D eigenvalue weighted by molar-refractivity contribution is -0.142. The molecule has 0 heterocycles. The van der Waals surface area contributed by atoms with Gasteiger partial charge < -0.3 is 57.7 Å². The molecular weight excluding hydrogens is 1030 g/mol. The molecule has 76 heavy (non-hydrogen) atoms. The maximum atomic E-state index is 14.6. The number of primary amides is 1. The molecular formula is C52H65Cl2N7O15. The quantitative estimate of drug-likeness (QED) is 0.0414. The van der Waals surface area contributed by atoms with E-state index in [4.69, 9.17) is 38.8 Å². The zero-order valence-corrected chi connectivity index (χ0v) is 44.2. The summed E-state index contributed by atoms with van der Waals surface area (Å²) in [5.74, 6) is -12.3. The van der Waals surface area contributed by atoms with Crippen LogP contribution in [0, 0.1) is 12.3 Å². The van der Waals surface area contributed by atoms with E-state index in [1.54, 1.807) is 94.4 Å². The van der Waals surface area contributed by atoms with Gasteiger partial charge in [-0.25, -0.2) is 0 Å². The third kappa shape index (κ3) is 21.0. The zero-order chi connectivity index (χ0) is 56.9. The van der Waals surface area contributed by atoms with Gasteiger partial charge in [0.05, 0.1) is 18.9 Å². The molecule has 0 aliphatic heterocycles. The number of nitrogens with two attached hydrogens (primary N) is 1. The summed E-state index contributed by atoms with van der Waals surface area (Å²) in [5, 5.41) is 43.6. The van der Waals surface area contributed by atoms with Gasteiger partial charge in [-0.15, -0.1) is 0 Å². The number of carboxylic acids is 3. The van der Waals surface area contributed by atoms with Crippen LogP contribution in [-0.2, 0) is 72.2 Å². The molecule has 3 rings (SSSR count). The number of unbranched alkanes of at least 4 members (excludes halogenated alkanes) is 1. The highest BCUT2D eigenvalue weighted by atomic mass is 35.5. The van der Waals surface area contributed by atoms with Crippen molar-refractivity contribution in [2.45, 2.75) is 142 Å². The summed E-state index contributed by atoms with van der Waals surface area (Å²) in [4.78, 5) is 143.